The first-order valence-corrected chi connectivity index (χ1v) is 4.27. The summed E-state index contributed by atoms with van der Waals surface area (Å²) in [5.41, 5.74) is -0.539. The quantitative estimate of drug-likeness (QED) is 0.740. The van der Waals surface area contributed by atoms with Crippen molar-refractivity contribution in [2.45, 2.75) is 0 Å². The number of methoxy groups -OCH3 is 2. The van der Waals surface area contributed by atoms with Gasteiger partial charge < -0.3 is 14.0 Å². The van der Waals surface area contributed by atoms with E-state index in [9.17, 15) is 4.79 Å². The van der Waals surface area contributed by atoms with Gasteiger partial charge in [0.1, 0.15) is 5.39 Å². The maximum atomic E-state index is 11.5. The summed E-state index contributed by atoms with van der Waals surface area (Å²) in [5, 5.41) is 4.46. The lowest BCUT2D eigenvalue weighted by Gasteiger charge is -2.08. The van der Waals surface area contributed by atoms with E-state index in [-0.39, 0.29) is 0 Å². The zero-order valence-electron chi connectivity index (χ0n) is 8.31. The molecule has 0 amide bonds. The highest BCUT2D eigenvalue weighted by Crippen LogP contribution is 2.32. The molecule has 0 fully saturated rings. The van der Waals surface area contributed by atoms with E-state index in [2.05, 4.69) is 9.68 Å². The van der Waals surface area contributed by atoms with Gasteiger partial charge in [-0.1, -0.05) is 5.16 Å². The fraction of sp³-hybridized carbons (Fsp3) is 0.200. The van der Waals surface area contributed by atoms with E-state index in [1.165, 1.54) is 20.4 Å². The van der Waals surface area contributed by atoms with Crippen molar-refractivity contribution in [2.75, 3.05) is 14.2 Å². The van der Waals surface area contributed by atoms with Crippen molar-refractivity contribution < 1.29 is 14.0 Å². The SMILES string of the molecule is COc1ccc2cnoc(=O)c2c1OC. The van der Waals surface area contributed by atoms with Gasteiger partial charge in [-0.2, -0.15) is 0 Å². The molecule has 0 unspecified atom stereocenters. The van der Waals surface area contributed by atoms with Crippen LogP contribution in [0.15, 0.2) is 27.6 Å². The van der Waals surface area contributed by atoms with Gasteiger partial charge in [-0.05, 0) is 12.1 Å². The molecule has 15 heavy (non-hydrogen) atoms. The van der Waals surface area contributed by atoms with Crippen molar-refractivity contribution in [3.63, 3.8) is 0 Å². The molecular formula is C10H9NO4. The Kier molecular flexibility index (Phi) is 2.29. The van der Waals surface area contributed by atoms with Gasteiger partial charge in [0.25, 0.3) is 0 Å². The van der Waals surface area contributed by atoms with Crippen LogP contribution in [-0.4, -0.2) is 19.4 Å². The molecule has 1 heterocycles. The minimum atomic E-state index is -0.539. The van der Waals surface area contributed by atoms with E-state index < -0.39 is 5.63 Å². The van der Waals surface area contributed by atoms with Crippen molar-refractivity contribution in [3.05, 3.63) is 28.7 Å². The number of rotatable bonds is 2. The van der Waals surface area contributed by atoms with Gasteiger partial charge in [-0.3, -0.25) is 0 Å². The van der Waals surface area contributed by atoms with Gasteiger partial charge in [-0.25, -0.2) is 4.79 Å². The van der Waals surface area contributed by atoms with Crippen molar-refractivity contribution in [1.29, 1.82) is 0 Å². The van der Waals surface area contributed by atoms with Gasteiger partial charge in [0.2, 0.25) is 0 Å². The first-order valence-electron chi connectivity index (χ1n) is 4.27. The molecule has 5 nitrogen and oxygen atoms in total. The molecule has 0 saturated carbocycles. The third-order valence-corrected chi connectivity index (χ3v) is 2.11. The fourth-order valence-electron chi connectivity index (χ4n) is 1.44. The molecule has 5 heteroatoms. The van der Waals surface area contributed by atoms with Crippen LogP contribution in [0, 0.1) is 0 Å². The van der Waals surface area contributed by atoms with Gasteiger partial charge in [-0.15, -0.1) is 0 Å². The molecule has 0 aliphatic carbocycles. The summed E-state index contributed by atoms with van der Waals surface area (Å²) in [6.45, 7) is 0. The third kappa shape index (κ3) is 1.41. The standard InChI is InChI=1S/C10H9NO4/c1-13-7-4-3-6-5-11-15-10(12)8(6)9(7)14-2/h3-5H,1-2H3. The summed E-state index contributed by atoms with van der Waals surface area (Å²) in [5.74, 6) is 0.856. The topological polar surface area (TPSA) is 61.6 Å². The summed E-state index contributed by atoms with van der Waals surface area (Å²) < 4.78 is 14.7. The van der Waals surface area contributed by atoms with Crippen molar-refractivity contribution in [3.8, 4) is 11.5 Å². The number of fused-ring (bicyclic) bond motifs is 1. The highest BCUT2D eigenvalue weighted by Gasteiger charge is 2.12. The summed E-state index contributed by atoms with van der Waals surface area (Å²) >= 11 is 0. The molecule has 1 aromatic heterocycles. The van der Waals surface area contributed by atoms with E-state index in [0.29, 0.717) is 22.3 Å². The number of aromatic nitrogens is 1. The Morgan fingerprint density at radius 1 is 1.27 bits per heavy atom. The van der Waals surface area contributed by atoms with E-state index in [1.54, 1.807) is 12.1 Å². The second-order valence-electron chi connectivity index (χ2n) is 2.88. The zero-order chi connectivity index (χ0) is 10.8. The smallest absolute Gasteiger partial charge is 0.370 e. The van der Waals surface area contributed by atoms with Crippen LogP contribution < -0.4 is 15.1 Å². The second kappa shape index (κ2) is 3.61. The van der Waals surface area contributed by atoms with Crippen LogP contribution in [0.1, 0.15) is 0 Å². The lowest BCUT2D eigenvalue weighted by Crippen LogP contribution is -2.03. The molecule has 2 rings (SSSR count). The summed E-state index contributed by atoms with van der Waals surface area (Å²) in [6, 6.07) is 3.43. The van der Waals surface area contributed by atoms with Crippen LogP contribution in [0.5, 0.6) is 11.5 Å². The van der Waals surface area contributed by atoms with E-state index in [0.717, 1.165) is 0 Å². The molecule has 78 valence electrons. The van der Waals surface area contributed by atoms with Crippen molar-refractivity contribution >= 4 is 10.8 Å². The maximum absolute atomic E-state index is 11.5. The Bertz CT molecular complexity index is 547. The van der Waals surface area contributed by atoms with Gasteiger partial charge in [0.15, 0.2) is 11.5 Å². The molecule has 0 spiro atoms. The lowest BCUT2D eigenvalue weighted by molar-refractivity contribution is 0.351. The first-order chi connectivity index (χ1) is 7.27. The highest BCUT2D eigenvalue weighted by molar-refractivity contribution is 5.88. The van der Waals surface area contributed by atoms with Crippen molar-refractivity contribution in [1.82, 2.24) is 5.16 Å². The van der Waals surface area contributed by atoms with Gasteiger partial charge >= 0.3 is 5.63 Å². The van der Waals surface area contributed by atoms with E-state index in [4.69, 9.17) is 9.47 Å². The van der Waals surface area contributed by atoms with Gasteiger partial charge in [0, 0.05) is 5.39 Å². The van der Waals surface area contributed by atoms with E-state index in [1.807, 2.05) is 0 Å². The molecule has 0 N–H and O–H groups in total. The Hall–Kier alpha value is -2.04. The van der Waals surface area contributed by atoms with Crippen LogP contribution in [-0.2, 0) is 0 Å². The molecule has 1 aromatic carbocycles. The molecule has 2 aromatic rings. The monoisotopic (exact) mass is 207 g/mol. The van der Waals surface area contributed by atoms with Gasteiger partial charge in [0.05, 0.1) is 20.4 Å². The predicted molar refractivity (Wildman–Crippen MR) is 53.4 cm³/mol. The summed E-state index contributed by atoms with van der Waals surface area (Å²) in [6.07, 6.45) is 1.46. The largest absolute Gasteiger partial charge is 0.493 e. The number of benzene rings is 1. The molecule has 0 atom stereocenters. The van der Waals surface area contributed by atoms with Crippen LogP contribution in [0.3, 0.4) is 0 Å². The minimum Gasteiger partial charge on any atom is -0.493 e. The lowest BCUT2D eigenvalue weighted by atomic mass is 10.2. The number of hydrogen-bond acceptors (Lipinski definition) is 5. The Morgan fingerprint density at radius 2 is 2.07 bits per heavy atom. The summed E-state index contributed by atoms with van der Waals surface area (Å²) in [7, 11) is 2.98. The average molecular weight is 207 g/mol. The Balaban J connectivity index is 2.91. The molecule has 0 radical (unpaired) electrons. The summed E-state index contributed by atoms with van der Waals surface area (Å²) in [4.78, 5) is 11.5. The Labute approximate surface area is 85.2 Å². The highest BCUT2D eigenvalue weighted by atomic mass is 16.5. The fourth-order valence-corrected chi connectivity index (χ4v) is 1.44. The second-order valence-corrected chi connectivity index (χ2v) is 2.88. The number of nitrogens with zero attached hydrogens (tertiary/aromatic N) is 1. The Morgan fingerprint density at radius 3 is 2.73 bits per heavy atom. The zero-order valence-corrected chi connectivity index (χ0v) is 8.31. The van der Waals surface area contributed by atoms with Crippen molar-refractivity contribution in [2.24, 2.45) is 0 Å². The third-order valence-electron chi connectivity index (χ3n) is 2.11. The average Bonchev–Trinajstić information content (AvgIpc) is 2.28. The molecule has 0 saturated heterocycles. The molecule has 0 aliphatic heterocycles. The minimum absolute atomic E-state index is 0.340. The molecule has 0 aliphatic rings. The number of ether oxygens (including phenoxy) is 2. The van der Waals surface area contributed by atoms with Crippen LogP contribution in [0.4, 0.5) is 0 Å². The van der Waals surface area contributed by atoms with Crippen LogP contribution in [0.2, 0.25) is 0 Å². The van der Waals surface area contributed by atoms with Crippen LogP contribution >= 0.6 is 0 Å². The van der Waals surface area contributed by atoms with E-state index >= 15 is 0 Å². The van der Waals surface area contributed by atoms with Crippen LogP contribution in [0.25, 0.3) is 10.8 Å². The normalized spacial score (nSPS) is 10.3. The first kappa shape index (κ1) is 9.51. The number of hydrogen-bond donors (Lipinski definition) is 0. The predicted octanol–water partition coefficient (Wildman–Crippen LogP) is 1.21. The molecular weight excluding hydrogens is 198 g/mol. The molecule has 0 bridgehead atoms. The maximum Gasteiger partial charge on any atom is 0.370 e.